The molecule has 0 N–H and O–H groups in total. The Morgan fingerprint density at radius 2 is 1.70 bits per heavy atom. The number of hydrogen-bond acceptors (Lipinski definition) is 2. The number of nitrogens with zero attached hydrogens (tertiary/aromatic N) is 1. The molecule has 3 heteroatoms. The molecular formula is C17H25NOS. The molecule has 0 aromatic rings. The third kappa shape index (κ3) is 1.81. The minimum atomic E-state index is 0.431. The molecule has 6 rings (SSSR count). The summed E-state index contributed by atoms with van der Waals surface area (Å²) in [6.07, 6.45) is 10.8. The zero-order valence-electron chi connectivity index (χ0n) is 12.2. The number of likely N-dealkylation sites (tertiary alicyclic amines) is 1. The van der Waals surface area contributed by atoms with Gasteiger partial charge in [0.2, 0.25) is 5.91 Å². The Kier molecular flexibility index (Phi) is 2.58. The van der Waals surface area contributed by atoms with Gasteiger partial charge in [0.15, 0.2) is 0 Å². The van der Waals surface area contributed by atoms with E-state index in [1.807, 2.05) is 0 Å². The Labute approximate surface area is 126 Å². The van der Waals surface area contributed by atoms with Crippen LogP contribution in [0.5, 0.6) is 0 Å². The third-order valence-corrected chi connectivity index (χ3v) is 8.30. The van der Waals surface area contributed by atoms with Gasteiger partial charge in [0.1, 0.15) is 0 Å². The van der Waals surface area contributed by atoms with Gasteiger partial charge in [-0.25, -0.2) is 0 Å². The molecular weight excluding hydrogens is 266 g/mol. The zero-order chi connectivity index (χ0) is 13.3. The van der Waals surface area contributed by atoms with Crippen molar-refractivity contribution in [2.45, 2.75) is 62.7 Å². The van der Waals surface area contributed by atoms with Gasteiger partial charge in [-0.05, 0) is 68.1 Å². The fourth-order valence-corrected chi connectivity index (χ4v) is 8.07. The maximum Gasteiger partial charge on any atom is 0.223 e. The molecule has 2 heterocycles. The Morgan fingerprint density at radius 1 is 1.05 bits per heavy atom. The summed E-state index contributed by atoms with van der Waals surface area (Å²) in [5.41, 5.74) is 0.431. The van der Waals surface area contributed by atoms with E-state index < -0.39 is 0 Å². The topological polar surface area (TPSA) is 20.3 Å². The Hall–Kier alpha value is -0.180. The lowest BCUT2D eigenvalue weighted by atomic mass is 9.49. The first kappa shape index (κ1) is 12.4. The van der Waals surface area contributed by atoms with Gasteiger partial charge >= 0.3 is 0 Å². The number of rotatable bonds is 2. The molecule has 6 fully saturated rings. The molecule has 0 spiro atoms. The summed E-state index contributed by atoms with van der Waals surface area (Å²) in [6.45, 7) is 1.06. The second-order valence-electron chi connectivity index (χ2n) is 8.49. The van der Waals surface area contributed by atoms with E-state index in [1.165, 1.54) is 50.7 Å². The van der Waals surface area contributed by atoms with Gasteiger partial charge in [0, 0.05) is 30.0 Å². The Morgan fingerprint density at radius 3 is 2.20 bits per heavy atom. The molecule has 0 aromatic heterocycles. The highest BCUT2D eigenvalue weighted by molar-refractivity contribution is 8.00. The third-order valence-electron chi connectivity index (χ3n) is 6.91. The summed E-state index contributed by atoms with van der Waals surface area (Å²) >= 11 is 2.09. The van der Waals surface area contributed by atoms with Crippen LogP contribution >= 0.6 is 11.8 Å². The van der Waals surface area contributed by atoms with E-state index in [-0.39, 0.29) is 0 Å². The summed E-state index contributed by atoms with van der Waals surface area (Å²) in [7, 11) is 0. The highest BCUT2D eigenvalue weighted by Crippen LogP contribution is 2.61. The van der Waals surface area contributed by atoms with Crippen molar-refractivity contribution in [2.75, 3.05) is 12.3 Å². The molecule has 110 valence electrons. The number of fused-ring (bicyclic) bond motifs is 2. The number of carbonyl (C=O) groups excluding carboxylic acids is 1. The summed E-state index contributed by atoms with van der Waals surface area (Å²) < 4.78 is 0. The summed E-state index contributed by atoms with van der Waals surface area (Å²) in [5, 5.41) is 0.764. The van der Waals surface area contributed by atoms with Gasteiger partial charge in [-0.1, -0.05) is 0 Å². The van der Waals surface area contributed by atoms with Crippen molar-refractivity contribution in [1.29, 1.82) is 0 Å². The lowest BCUT2D eigenvalue weighted by Gasteiger charge is -2.57. The Bertz CT molecular complexity index is 413. The standard InChI is InChI=1S/C17H25NOS/c19-16(18-9-15-4-14(18)10-20-15)8-17-5-11-1-12(6-17)3-13(2-11)7-17/h11-15H,1-10H2. The predicted octanol–water partition coefficient (Wildman–Crippen LogP) is 3.31. The normalized spacial score (nSPS) is 52.0. The van der Waals surface area contributed by atoms with Crippen LogP contribution in [0.15, 0.2) is 0 Å². The summed E-state index contributed by atoms with van der Waals surface area (Å²) in [5.74, 6) is 4.63. The van der Waals surface area contributed by atoms with Gasteiger partial charge < -0.3 is 4.90 Å². The van der Waals surface area contributed by atoms with Gasteiger partial charge in [-0.2, -0.15) is 11.8 Å². The van der Waals surface area contributed by atoms with Crippen LogP contribution in [0.4, 0.5) is 0 Å². The first-order chi connectivity index (χ1) is 9.69. The smallest absolute Gasteiger partial charge is 0.223 e. The molecule has 2 saturated heterocycles. The predicted molar refractivity (Wildman–Crippen MR) is 81.6 cm³/mol. The zero-order valence-corrected chi connectivity index (χ0v) is 13.0. The van der Waals surface area contributed by atoms with Crippen molar-refractivity contribution in [1.82, 2.24) is 4.90 Å². The molecule has 0 radical (unpaired) electrons. The number of hydrogen-bond donors (Lipinski definition) is 0. The van der Waals surface area contributed by atoms with Crippen LogP contribution in [0.25, 0.3) is 0 Å². The van der Waals surface area contributed by atoms with Crippen molar-refractivity contribution < 1.29 is 4.79 Å². The molecule has 6 aliphatic rings. The molecule has 2 atom stereocenters. The minimum Gasteiger partial charge on any atom is -0.338 e. The number of carbonyl (C=O) groups is 1. The van der Waals surface area contributed by atoms with Crippen molar-refractivity contribution in [3.05, 3.63) is 0 Å². The summed E-state index contributed by atoms with van der Waals surface area (Å²) in [4.78, 5) is 15.1. The van der Waals surface area contributed by atoms with Crippen LogP contribution in [0, 0.1) is 23.2 Å². The van der Waals surface area contributed by atoms with E-state index in [9.17, 15) is 4.79 Å². The molecule has 4 aliphatic carbocycles. The lowest BCUT2D eigenvalue weighted by molar-refractivity contribution is -0.140. The second kappa shape index (κ2) is 4.18. The lowest BCUT2D eigenvalue weighted by Crippen LogP contribution is -2.49. The molecule has 4 saturated carbocycles. The quantitative estimate of drug-likeness (QED) is 0.778. The van der Waals surface area contributed by atoms with Crippen molar-refractivity contribution >= 4 is 17.7 Å². The fourth-order valence-electron chi connectivity index (χ4n) is 6.63. The van der Waals surface area contributed by atoms with E-state index in [1.54, 1.807) is 0 Å². The number of thioether (sulfide) groups is 1. The molecule has 2 nitrogen and oxygen atoms in total. The van der Waals surface area contributed by atoms with Crippen LogP contribution in [0.3, 0.4) is 0 Å². The Balaban J connectivity index is 1.33. The van der Waals surface area contributed by atoms with E-state index in [0.29, 0.717) is 17.4 Å². The van der Waals surface area contributed by atoms with E-state index in [0.717, 1.165) is 36.0 Å². The monoisotopic (exact) mass is 291 g/mol. The van der Waals surface area contributed by atoms with Crippen LogP contribution in [-0.4, -0.2) is 34.4 Å². The maximum atomic E-state index is 12.8. The highest BCUT2D eigenvalue weighted by Gasteiger charge is 2.52. The van der Waals surface area contributed by atoms with Crippen LogP contribution in [-0.2, 0) is 4.79 Å². The average Bonchev–Trinajstić information content (AvgIpc) is 2.98. The van der Waals surface area contributed by atoms with Gasteiger partial charge in [-0.3, -0.25) is 4.79 Å². The van der Waals surface area contributed by atoms with Crippen molar-refractivity contribution in [2.24, 2.45) is 23.2 Å². The van der Waals surface area contributed by atoms with E-state index >= 15 is 0 Å². The molecule has 2 aliphatic heterocycles. The molecule has 6 bridgehead atoms. The fraction of sp³-hybridized carbons (Fsp3) is 0.941. The van der Waals surface area contributed by atoms with Gasteiger partial charge in [-0.15, -0.1) is 0 Å². The van der Waals surface area contributed by atoms with E-state index in [2.05, 4.69) is 16.7 Å². The maximum absolute atomic E-state index is 12.8. The first-order valence-electron chi connectivity index (χ1n) is 8.60. The number of amides is 1. The van der Waals surface area contributed by atoms with Gasteiger partial charge in [0.25, 0.3) is 0 Å². The molecule has 20 heavy (non-hydrogen) atoms. The average molecular weight is 291 g/mol. The first-order valence-corrected chi connectivity index (χ1v) is 9.65. The SMILES string of the molecule is O=C(CC12CC3CC(CC(C3)C1)C2)N1CC2CC1CS2. The van der Waals surface area contributed by atoms with Crippen LogP contribution in [0.2, 0.25) is 0 Å². The van der Waals surface area contributed by atoms with Crippen molar-refractivity contribution in [3.8, 4) is 0 Å². The summed E-state index contributed by atoms with van der Waals surface area (Å²) in [6, 6.07) is 0.589. The van der Waals surface area contributed by atoms with E-state index in [4.69, 9.17) is 0 Å². The van der Waals surface area contributed by atoms with Crippen LogP contribution in [0.1, 0.15) is 51.4 Å². The largest absolute Gasteiger partial charge is 0.338 e. The second-order valence-corrected chi connectivity index (χ2v) is 9.82. The minimum absolute atomic E-state index is 0.431. The van der Waals surface area contributed by atoms with Gasteiger partial charge in [0.05, 0.1) is 0 Å². The molecule has 2 unspecified atom stereocenters. The molecule has 1 amide bonds. The molecule has 0 aromatic carbocycles. The van der Waals surface area contributed by atoms with Crippen molar-refractivity contribution in [3.63, 3.8) is 0 Å². The highest BCUT2D eigenvalue weighted by atomic mass is 32.2. The van der Waals surface area contributed by atoms with Crippen LogP contribution < -0.4 is 0 Å².